The average Bonchev–Trinajstić information content (AvgIpc) is 2.95. The third-order valence-electron chi connectivity index (χ3n) is 5.11. The predicted octanol–water partition coefficient (Wildman–Crippen LogP) is 5.19. The maximum Gasteiger partial charge on any atom is 0.262 e. The lowest BCUT2D eigenvalue weighted by Gasteiger charge is -2.17. The summed E-state index contributed by atoms with van der Waals surface area (Å²) >= 11 is 1.54. The highest BCUT2D eigenvalue weighted by atomic mass is 32.1. The first-order valence-corrected chi connectivity index (χ1v) is 10.3. The molecule has 1 aromatic carbocycles. The lowest BCUT2D eigenvalue weighted by Crippen LogP contribution is -2.20. The van der Waals surface area contributed by atoms with Crippen molar-refractivity contribution in [3.63, 3.8) is 0 Å². The Bertz CT molecular complexity index is 892. The molecule has 1 amide bonds. The number of ether oxygens (including phenoxy) is 1. The van der Waals surface area contributed by atoms with Crippen molar-refractivity contribution in [2.75, 3.05) is 11.9 Å². The van der Waals surface area contributed by atoms with E-state index in [-0.39, 0.29) is 12.5 Å². The molecular weight excluding hydrogens is 356 g/mol. The van der Waals surface area contributed by atoms with Crippen molar-refractivity contribution in [3.05, 3.63) is 45.3 Å². The van der Waals surface area contributed by atoms with E-state index in [9.17, 15) is 10.1 Å². The van der Waals surface area contributed by atoms with Gasteiger partial charge in [0.15, 0.2) is 6.61 Å². The molecule has 1 N–H and O–H groups in total. The number of hydrogen-bond donors (Lipinski definition) is 1. The molecule has 1 aliphatic carbocycles. The molecule has 27 heavy (non-hydrogen) atoms. The zero-order valence-electron chi connectivity index (χ0n) is 16.4. The second kappa shape index (κ2) is 8.14. The fourth-order valence-corrected chi connectivity index (χ4v) is 5.03. The Morgan fingerprint density at radius 2 is 2.22 bits per heavy atom. The van der Waals surface area contributed by atoms with E-state index >= 15 is 0 Å². The number of benzene rings is 1. The number of nitriles is 1. The van der Waals surface area contributed by atoms with Crippen LogP contribution in [-0.2, 0) is 17.6 Å². The fraction of sp³-hybridized carbons (Fsp3) is 0.455. The van der Waals surface area contributed by atoms with Gasteiger partial charge in [-0.05, 0) is 66.8 Å². The Kier molecular flexibility index (Phi) is 5.86. The summed E-state index contributed by atoms with van der Waals surface area (Å²) in [7, 11) is 0. The maximum absolute atomic E-state index is 12.4. The zero-order valence-corrected chi connectivity index (χ0v) is 17.2. The quantitative estimate of drug-likeness (QED) is 0.774. The molecule has 1 aliphatic rings. The van der Waals surface area contributed by atoms with E-state index in [1.165, 1.54) is 21.8 Å². The average molecular weight is 383 g/mol. The highest BCUT2D eigenvalue weighted by molar-refractivity contribution is 7.16. The summed E-state index contributed by atoms with van der Waals surface area (Å²) in [6.45, 7) is 8.53. The van der Waals surface area contributed by atoms with E-state index < -0.39 is 0 Å². The molecule has 0 aliphatic heterocycles. The Hall–Kier alpha value is -2.32. The number of rotatable bonds is 5. The molecule has 0 radical (unpaired) electrons. The molecule has 4 nitrogen and oxygen atoms in total. The molecule has 0 saturated carbocycles. The summed E-state index contributed by atoms with van der Waals surface area (Å²) in [4.78, 5) is 13.6. The number of aryl methyl sites for hydroxylation is 1. The number of nitrogens with one attached hydrogen (secondary N) is 1. The Morgan fingerprint density at radius 3 is 2.89 bits per heavy atom. The molecule has 0 fully saturated rings. The molecule has 1 aromatic heterocycles. The highest BCUT2D eigenvalue weighted by Gasteiger charge is 2.24. The van der Waals surface area contributed by atoms with E-state index in [4.69, 9.17) is 4.74 Å². The lowest BCUT2D eigenvalue weighted by atomic mass is 9.89. The van der Waals surface area contributed by atoms with Gasteiger partial charge in [0.2, 0.25) is 0 Å². The molecule has 5 heteroatoms. The molecular formula is C22H26N2O2S. The van der Waals surface area contributed by atoms with Crippen LogP contribution in [0.3, 0.4) is 0 Å². The number of amides is 1. The van der Waals surface area contributed by atoms with Crippen molar-refractivity contribution >= 4 is 22.2 Å². The smallest absolute Gasteiger partial charge is 0.262 e. The van der Waals surface area contributed by atoms with Gasteiger partial charge in [-0.1, -0.05) is 26.8 Å². The van der Waals surface area contributed by atoms with Crippen LogP contribution in [0.1, 0.15) is 60.2 Å². The number of nitrogens with zero attached hydrogens (tertiary/aromatic N) is 1. The molecule has 0 bridgehead atoms. The SMILES string of the molecule is Cc1cc(OCC(=O)Nc2sc3c(c2C#N)CC[C@H](C)C3)ccc1C(C)C. The Labute approximate surface area is 165 Å². The molecule has 1 atom stereocenters. The zero-order chi connectivity index (χ0) is 19.6. The first-order valence-electron chi connectivity index (χ1n) is 9.46. The van der Waals surface area contributed by atoms with Crippen LogP contribution in [0, 0.1) is 24.2 Å². The van der Waals surface area contributed by atoms with Gasteiger partial charge in [0.1, 0.15) is 16.8 Å². The summed E-state index contributed by atoms with van der Waals surface area (Å²) in [5.41, 5.74) is 4.20. The molecule has 0 unspecified atom stereocenters. The predicted molar refractivity (Wildman–Crippen MR) is 110 cm³/mol. The van der Waals surface area contributed by atoms with Crippen molar-refractivity contribution in [1.82, 2.24) is 0 Å². The number of carbonyl (C=O) groups is 1. The van der Waals surface area contributed by atoms with Gasteiger partial charge >= 0.3 is 0 Å². The largest absolute Gasteiger partial charge is 0.484 e. The van der Waals surface area contributed by atoms with E-state index in [0.717, 1.165) is 30.4 Å². The standard InChI is InChI=1S/C22H26N2O2S/c1-13(2)17-8-6-16(10-15(17)4)26-12-21(25)24-22-19(11-23)18-7-5-14(3)9-20(18)27-22/h6,8,10,13-14H,5,7,9,12H2,1-4H3,(H,24,25)/t14-/m0/s1. The number of anilines is 1. The van der Waals surface area contributed by atoms with Crippen LogP contribution in [0.5, 0.6) is 5.75 Å². The number of thiophene rings is 1. The van der Waals surface area contributed by atoms with Crippen LogP contribution >= 0.6 is 11.3 Å². The highest BCUT2D eigenvalue weighted by Crippen LogP contribution is 2.39. The molecule has 2 aromatic rings. The van der Waals surface area contributed by atoms with Crippen LogP contribution in [0.15, 0.2) is 18.2 Å². The summed E-state index contributed by atoms with van der Waals surface area (Å²) in [5, 5.41) is 13.1. The van der Waals surface area contributed by atoms with Gasteiger partial charge in [0, 0.05) is 4.88 Å². The van der Waals surface area contributed by atoms with Gasteiger partial charge in [-0.15, -0.1) is 11.3 Å². The number of hydrogen-bond acceptors (Lipinski definition) is 4. The Morgan fingerprint density at radius 1 is 1.44 bits per heavy atom. The minimum atomic E-state index is -0.233. The molecule has 142 valence electrons. The van der Waals surface area contributed by atoms with Crippen LogP contribution in [0.25, 0.3) is 0 Å². The van der Waals surface area contributed by atoms with Gasteiger partial charge < -0.3 is 10.1 Å². The summed E-state index contributed by atoms with van der Waals surface area (Å²) in [6, 6.07) is 8.20. The number of carbonyl (C=O) groups excluding carboxylic acids is 1. The number of fused-ring (bicyclic) bond motifs is 1. The molecule has 1 heterocycles. The summed E-state index contributed by atoms with van der Waals surface area (Å²) in [6.07, 6.45) is 3.01. The van der Waals surface area contributed by atoms with Crippen molar-refractivity contribution in [2.24, 2.45) is 5.92 Å². The van der Waals surface area contributed by atoms with Gasteiger partial charge in [-0.2, -0.15) is 5.26 Å². The molecule has 0 saturated heterocycles. The van der Waals surface area contributed by atoms with E-state index in [1.807, 2.05) is 12.1 Å². The first kappa shape index (κ1) is 19.4. The lowest BCUT2D eigenvalue weighted by molar-refractivity contribution is -0.118. The van der Waals surface area contributed by atoms with Crippen LogP contribution in [0.2, 0.25) is 0 Å². The summed E-state index contributed by atoms with van der Waals surface area (Å²) < 4.78 is 5.66. The minimum absolute atomic E-state index is 0.0652. The normalized spacial score (nSPS) is 15.9. The second-order valence-electron chi connectivity index (χ2n) is 7.68. The third-order valence-corrected chi connectivity index (χ3v) is 6.28. The van der Waals surface area contributed by atoms with Crippen molar-refractivity contribution in [1.29, 1.82) is 5.26 Å². The summed E-state index contributed by atoms with van der Waals surface area (Å²) in [5.74, 6) is 1.54. The van der Waals surface area contributed by atoms with E-state index in [1.54, 1.807) is 0 Å². The van der Waals surface area contributed by atoms with Gasteiger partial charge in [-0.25, -0.2) is 0 Å². The van der Waals surface area contributed by atoms with Crippen molar-refractivity contribution in [2.45, 2.75) is 52.9 Å². The molecule has 0 spiro atoms. The molecule has 3 rings (SSSR count). The second-order valence-corrected chi connectivity index (χ2v) is 8.78. The van der Waals surface area contributed by atoms with Gasteiger partial charge in [-0.3, -0.25) is 4.79 Å². The topological polar surface area (TPSA) is 62.1 Å². The maximum atomic E-state index is 12.4. The monoisotopic (exact) mass is 382 g/mol. The van der Waals surface area contributed by atoms with E-state index in [0.29, 0.717) is 28.1 Å². The van der Waals surface area contributed by atoms with Crippen molar-refractivity contribution in [3.8, 4) is 11.8 Å². The fourth-order valence-electron chi connectivity index (χ4n) is 3.65. The first-order chi connectivity index (χ1) is 12.9. The van der Waals surface area contributed by atoms with E-state index in [2.05, 4.69) is 45.1 Å². The van der Waals surface area contributed by atoms with Crippen LogP contribution in [-0.4, -0.2) is 12.5 Å². The van der Waals surface area contributed by atoms with Crippen LogP contribution in [0.4, 0.5) is 5.00 Å². The third kappa shape index (κ3) is 4.33. The van der Waals surface area contributed by atoms with Gasteiger partial charge in [0.25, 0.3) is 5.91 Å². The van der Waals surface area contributed by atoms with Crippen LogP contribution < -0.4 is 10.1 Å². The minimum Gasteiger partial charge on any atom is -0.484 e. The van der Waals surface area contributed by atoms with Crippen molar-refractivity contribution < 1.29 is 9.53 Å². The Balaban J connectivity index is 1.65. The van der Waals surface area contributed by atoms with Gasteiger partial charge in [0.05, 0.1) is 5.56 Å².